The number of amides is 1. The largest absolute Gasteiger partial charge is 0.454 e. The molecule has 3 heterocycles. The minimum Gasteiger partial charge on any atom is -0.454 e. The first kappa shape index (κ1) is 18.3. The highest BCUT2D eigenvalue weighted by Crippen LogP contribution is 2.33. The zero-order chi connectivity index (χ0) is 18.9. The van der Waals surface area contributed by atoms with Crippen LogP contribution in [0.4, 0.5) is 0 Å². The van der Waals surface area contributed by atoms with Crippen LogP contribution in [-0.2, 0) is 11.3 Å². The van der Waals surface area contributed by atoms with Crippen molar-refractivity contribution in [2.45, 2.75) is 57.2 Å². The number of fused-ring (bicyclic) bond motifs is 1. The van der Waals surface area contributed by atoms with E-state index in [1.54, 1.807) is 0 Å². The van der Waals surface area contributed by atoms with Gasteiger partial charge in [-0.1, -0.05) is 6.07 Å². The molecule has 1 aromatic rings. The third kappa shape index (κ3) is 4.13. The van der Waals surface area contributed by atoms with Gasteiger partial charge in [0.2, 0.25) is 12.7 Å². The van der Waals surface area contributed by atoms with Crippen molar-refractivity contribution in [3.8, 4) is 11.5 Å². The molecule has 1 aromatic carbocycles. The second kappa shape index (κ2) is 7.91. The fraction of sp³-hybridized carbons (Fsp3) is 0.682. The summed E-state index contributed by atoms with van der Waals surface area (Å²) in [7, 11) is 0. The molecule has 28 heavy (non-hydrogen) atoms. The highest BCUT2D eigenvalue weighted by molar-refractivity contribution is 5.79. The molecule has 0 aromatic heterocycles. The Labute approximate surface area is 167 Å². The van der Waals surface area contributed by atoms with Crippen LogP contribution in [-0.4, -0.2) is 60.8 Å². The Bertz CT molecular complexity index is 713. The quantitative estimate of drug-likeness (QED) is 0.843. The van der Waals surface area contributed by atoms with Crippen molar-refractivity contribution < 1.29 is 14.3 Å². The van der Waals surface area contributed by atoms with Crippen LogP contribution in [0.1, 0.15) is 44.1 Å². The normalized spacial score (nSPS) is 26.4. The molecule has 5 rings (SSSR count). The van der Waals surface area contributed by atoms with Crippen LogP contribution in [0.25, 0.3) is 0 Å². The van der Waals surface area contributed by atoms with Crippen molar-refractivity contribution in [3.63, 3.8) is 0 Å². The van der Waals surface area contributed by atoms with E-state index in [4.69, 9.17) is 9.47 Å². The van der Waals surface area contributed by atoms with E-state index >= 15 is 0 Å². The first-order valence-corrected chi connectivity index (χ1v) is 10.9. The van der Waals surface area contributed by atoms with Gasteiger partial charge in [0.25, 0.3) is 0 Å². The van der Waals surface area contributed by atoms with Crippen LogP contribution in [0.15, 0.2) is 18.2 Å². The average Bonchev–Trinajstić information content (AvgIpc) is 3.42. The Hall–Kier alpha value is -1.79. The fourth-order valence-corrected chi connectivity index (χ4v) is 4.84. The predicted octanol–water partition coefficient (Wildman–Crippen LogP) is 2.37. The second-order valence-electron chi connectivity index (χ2n) is 8.81. The summed E-state index contributed by atoms with van der Waals surface area (Å²) in [6, 6.07) is 7.38. The highest BCUT2D eigenvalue weighted by Gasteiger charge is 2.33. The van der Waals surface area contributed by atoms with Gasteiger partial charge in [0.1, 0.15) is 0 Å². The van der Waals surface area contributed by atoms with E-state index in [0.29, 0.717) is 24.8 Å². The standard InChI is InChI=1S/C22H31N3O3/c26-22(23-18-4-5-18)17-2-1-9-25(14-17)19-7-10-24(11-8-19)13-16-3-6-20-21(12-16)28-15-27-20/h3,6,12,17-19H,1-2,4-5,7-11,13-15H2,(H,23,26)/t17-/m1/s1. The number of nitrogens with one attached hydrogen (secondary N) is 1. The molecular formula is C22H31N3O3. The van der Waals surface area contributed by atoms with E-state index in [9.17, 15) is 4.79 Å². The van der Waals surface area contributed by atoms with Crippen molar-refractivity contribution in [2.75, 3.05) is 33.0 Å². The van der Waals surface area contributed by atoms with Crippen molar-refractivity contribution in [1.82, 2.24) is 15.1 Å². The molecule has 0 bridgehead atoms. The summed E-state index contributed by atoms with van der Waals surface area (Å²) in [5.41, 5.74) is 1.29. The van der Waals surface area contributed by atoms with E-state index in [1.807, 2.05) is 6.07 Å². The van der Waals surface area contributed by atoms with E-state index in [1.165, 1.54) is 31.2 Å². The molecule has 0 unspecified atom stereocenters. The lowest BCUT2D eigenvalue weighted by Crippen LogP contribution is -2.50. The van der Waals surface area contributed by atoms with Crippen LogP contribution in [0.2, 0.25) is 0 Å². The summed E-state index contributed by atoms with van der Waals surface area (Å²) >= 11 is 0. The molecule has 1 N–H and O–H groups in total. The van der Waals surface area contributed by atoms with Gasteiger partial charge in [-0.25, -0.2) is 0 Å². The van der Waals surface area contributed by atoms with E-state index < -0.39 is 0 Å². The molecule has 4 aliphatic rings. The van der Waals surface area contributed by atoms with Crippen LogP contribution >= 0.6 is 0 Å². The van der Waals surface area contributed by atoms with Gasteiger partial charge in [0, 0.05) is 25.2 Å². The lowest BCUT2D eigenvalue weighted by Gasteiger charge is -2.42. The molecule has 0 radical (unpaired) electrons. The Morgan fingerprint density at radius 3 is 2.68 bits per heavy atom. The number of likely N-dealkylation sites (tertiary alicyclic amines) is 2. The van der Waals surface area contributed by atoms with Gasteiger partial charge in [0.05, 0.1) is 5.92 Å². The number of nitrogens with zero attached hydrogens (tertiary/aromatic N) is 2. The van der Waals surface area contributed by atoms with Crippen molar-refractivity contribution in [2.24, 2.45) is 5.92 Å². The molecule has 1 saturated carbocycles. The number of hydrogen-bond acceptors (Lipinski definition) is 5. The number of ether oxygens (including phenoxy) is 2. The monoisotopic (exact) mass is 385 g/mol. The number of piperidine rings is 2. The maximum Gasteiger partial charge on any atom is 0.231 e. The Kier molecular flexibility index (Phi) is 5.16. The topological polar surface area (TPSA) is 54.0 Å². The van der Waals surface area contributed by atoms with Crippen molar-refractivity contribution in [1.29, 1.82) is 0 Å². The molecule has 1 aliphatic carbocycles. The third-order valence-electron chi connectivity index (χ3n) is 6.66. The summed E-state index contributed by atoms with van der Waals surface area (Å²) in [6.07, 6.45) is 6.94. The van der Waals surface area contributed by atoms with Crippen LogP contribution in [0, 0.1) is 5.92 Å². The molecule has 6 heteroatoms. The minimum atomic E-state index is 0.195. The molecule has 0 spiro atoms. The number of carbonyl (C=O) groups excluding carboxylic acids is 1. The van der Waals surface area contributed by atoms with Crippen LogP contribution in [0.5, 0.6) is 11.5 Å². The number of hydrogen-bond donors (Lipinski definition) is 1. The van der Waals surface area contributed by atoms with Gasteiger partial charge in [-0.05, 0) is 75.9 Å². The second-order valence-corrected chi connectivity index (χ2v) is 8.81. The van der Waals surface area contributed by atoms with Crippen LogP contribution < -0.4 is 14.8 Å². The summed E-state index contributed by atoms with van der Waals surface area (Å²) < 4.78 is 10.9. The smallest absolute Gasteiger partial charge is 0.231 e. The zero-order valence-corrected chi connectivity index (χ0v) is 16.6. The predicted molar refractivity (Wildman–Crippen MR) is 106 cm³/mol. The third-order valence-corrected chi connectivity index (χ3v) is 6.66. The molecule has 2 saturated heterocycles. The summed E-state index contributed by atoms with van der Waals surface area (Å²) in [5.74, 6) is 2.22. The van der Waals surface area contributed by atoms with Gasteiger partial charge in [-0.3, -0.25) is 14.6 Å². The molecule has 152 valence electrons. The van der Waals surface area contributed by atoms with E-state index in [0.717, 1.165) is 57.1 Å². The maximum absolute atomic E-state index is 12.4. The minimum absolute atomic E-state index is 0.195. The Balaban J connectivity index is 1.11. The molecule has 1 amide bonds. The van der Waals surface area contributed by atoms with Gasteiger partial charge in [-0.2, -0.15) is 0 Å². The van der Waals surface area contributed by atoms with Gasteiger partial charge >= 0.3 is 0 Å². The highest BCUT2D eigenvalue weighted by atomic mass is 16.7. The van der Waals surface area contributed by atoms with Gasteiger partial charge < -0.3 is 14.8 Å². The number of benzene rings is 1. The Morgan fingerprint density at radius 2 is 1.86 bits per heavy atom. The first-order valence-electron chi connectivity index (χ1n) is 10.9. The molecule has 1 atom stereocenters. The SMILES string of the molecule is O=C(NC1CC1)[C@@H]1CCCN(C2CCN(Cc3ccc4c(c3)OCO4)CC2)C1. The molecule has 6 nitrogen and oxygen atoms in total. The van der Waals surface area contributed by atoms with Gasteiger partial charge in [-0.15, -0.1) is 0 Å². The van der Waals surface area contributed by atoms with Crippen LogP contribution in [0.3, 0.4) is 0 Å². The average molecular weight is 386 g/mol. The van der Waals surface area contributed by atoms with E-state index in [2.05, 4.69) is 27.2 Å². The number of rotatable bonds is 5. The number of carbonyl (C=O) groups is 1. The van der Waals surface area contributed by atoms with Gasteiger partial charge in [0.15, 0.2) is 11.5 Å². The molecule has 3 aliphatic heterocycles. The summed E-state index contributed by atoms with van der Waals surface area (Å²) in [4.78, 5) is 17.6. The zero-order valence-electron chi connectivity index (χ0n) is 16.6. The lowest BCUT2D eigenvalue weighted by atomic mass is 9.93. The fourth-order valence-electron chi connectivity index (χ4n) is 4.84. The Morgan fingerprint density at radius 1 is 1.04 bits per heavy atom. The summed E-state index contributed by atoms with van der Waals surface area (Å²) in [6.45, 7) is 5.64. The van der Waals surface area contributed by atoms with Crippen molar-refractivity contribution in [3.05, 3.63) is 23.8 Å². The summed E-state index contributed by atoms with van der Waals surface area (Å²) in [5, 5.41) is 3.21. The van der Waals surface area contributed by atoms with Crippen molar-refractivity contribution >= 4 is 5.91 Å². The molecule has 3 fully saturated rings. The molecular weight excluding hydrogens is 354 g/mol. The maximum atomic E-state index is 12.4. The lowest BCUT2D eigenvalue weighted by molar-refractivity contribution is -0.127. The first-order chi connectivity index (χ1) is 13.7. The van der Waals surface area contributed by atoms with E-state index in [-0.39, 0.29) is 5.92 Å².